The maximum Gasteiger partial charge on any atom is 0.419 e. The number of benzene rings is 1. The monoisotopic (exact) mass is 607 g/mol. The largest absolute Gasteiger partial charge is 0.478 e. The number of H-pyrrole nitrogens is 1. The van der Waals surface area contributed by atoms with Gasteiger partial charge in [0.25, 0.3) is 11.8 Å². The normalized spacial score (nSPS) is 11.5. The van der Waals surface area contributed by atoms with Gasteiger partial charge in [-0.3, -0.25) is 9.59 Å². The molecule has 0 saturated heterocycles. The minimum atomic E-state index is -1.36. The minimum absolute atomic E-state index is 0.0191. The summed E-state index contributed by atoms with van der Waals surface area (Å²) in [5, 5.41) is 14.8. The van der Waals surface area contributed by atoms with Crippen LogP contribution in [0.4, 0.5) is 16.3 Å². The Bertz CT molecular complexity index is 1620. The van der Waals surface area contributed by atoms with E-state index in [1.807, 2.05) is 0 Å². The second-order valence-electron chi connectivity index (χ2n) is 8.88. The smallest absolute Gasteiger partial charge is 0.419 e. The molecule has 44 heavy (non-hydrogen) atoms. The third-order valence-electron chi connectivity index (χ3n) is 5.83. The van der Waals surface area contributed by atoms with Gasteiger partial charge in [0.2, 0.25) is 6.79 Å². The molecule has 0 aliphatic rings. The van der Waals surface area contributed by atoms with Gasteiger partial charge in [0.15, 0.2) is 11.7 Å². The van der Waals surface area contributed by atoms with Crippen molar-refractivity contribution in [2.75, 3.05) is 18.7 Å². The molecule has 230 valence electrons. The molecule has 2 heterocycles. The van der Waals surface area contributed by atoms with Gasteiger partial charge in [-0.1, -0.05) is 18.1 Å². The number of esters is 1. The first-order valence-corrected chi connectivity index (χ1v) is 13.0. The third-order valence-corrected chi connectivity index (χ3v) is 5.83. The lowest BCUT2D eigenvalue weighted by molar-refractivity contribution is -0.146. The van der Waals surface area contributed by atoms with Crippen LogP contribution in [-0.2, 0) is 19.1 Å². The Kier molecular flexibility index (Phi) is 11.2. The lowest BCUT2D eigenvalue weighted by atomic mass is 10.1. The second-order valence-corrected chi connectivity index (χ2v) is 8.88. The van der Waals surface area contributed by atoms with Gasteiger partial charge >= 0.3 is 18.0 Å². The van der Waals surface area contributed by atoms with E-state index in [1.54, 1.807) is 39.0 Å². The summed E-state index contributed by atoms with van der Waals surface area (Å²) >= 11 is 0. The number of hydrogen-bond acceptors (Lipinski definition) is 10. The number of imide groups is 1. The first-order valence-electron chi connectivity index (χ1n) is 13.0. The summed E-state index contributed by atoms with van der Waals surface area (Å²) in [6, 6.07) is 6.35. The minimum Gasteiger partial charge on any atom is -0.478 e. The molecule has 0 aliphatic heterocycles. The fourth-order valence-corrected chi connectivity index (χ4v) is 3.67. The highest BCUT2D eigenvalue weighted by Gasteiger charge is 2.27. The Labute approximate surface area is 250 Å². The number of carbonyl (C=O) groups excluding carboxylic acids is 4. The predicted octanol–water partition coefficient (Wildman–Crippen LogP) is 3.07. The number of nitrogens with two attached hydrogens (primary N) is 1. The highest BCUT2D eigenvalue weighted by molar-refractivity contribution is 6.09. The molecule has 16 heteroatoms. The summed E-state index contributed by atoms with van der Waals surface area (Å²) in [7, 11) is 0. The van der Waals surface area contributed by atoms with Gasteiger partial charge in [0.1, 0.15) is 6.26 Å². The number of aliphatic imine (C=N–C) groups is 2. The molecule has 0 aliphatic carbocycles. The van der Waals surface area contributed by atoms with Crippen LogP contribution in [0.5, 0.6) is 0 Å². The number of nitrogens with one attached hydrogen (secondary N) is 2. The van der Waals surface area contributed by atoms with Crippen LogP contribution in [0, 0.1) is 13.8 Å². The van der Waals surface area contributed by atoms with Crippen LogP contribution in [0.1, 0.15) is 50.9 Å². The molecule has 16 nitrogen and oxygen atoms in total. The second kappa shape index (κ2) is 15.2. The quantitative estimate of drug-likeness (QED) is 0.0813. The van der Waals surface area contributed by atoms with Crippen LogP contribution >= 0.6 is 0 Å². The van der Waals surface area contributed by atoms with E-state index in [4.69, 9.17) is 20.1 Å². The van der Waals surface area contributed by atoms with Crippen LogP contribution in [0.15, 0.2) is 63.4 Å². The molecule has 3 rings (SSSR count). The number of carboxylic acid groups (broad SMARTS) is 1. The van der Waals surface area contributed by atoms with Crippen molar-refractivity contribution in [3.05, 3.63) is 76.8 Å². The molecular weight excluding hydrogens is 578 g/mol. The van der Waals surface area contributed by atoms with E-state index in [1.165, 1.54) is 18.5 Å². The molecule has 5 N–H and O–H groups in total. The van der Waals surface area contributed by atoms with Gasteiger partial charge in [-0.2, -0.15) is 0 Å². The highest BCUT2D eigenvalue weighted by Crippen LogP contribution is 2.24. The average Bonchev–Trinajstić information content (AvgIpc) is 3.64. The zero-order chi connectivity index (χ0) is 32.2. The SMILES string of the molecule is CCCN(C(=O)OCOC(=O)/C=C/C(=O)O)C(=O)c1c[nH]c(C(N=CN)=Nc2cc(C(=O)Nc3ccon3)ccc2C)c1C. The number of aliphatic carboxylic acids is 1. The van der Waals surface area contributed by atoms with E-state index < -0.39 is 36.6 Å². The van der Waals surface area contributed by atoms with Crippen molar-refractivity contribution in [2.24, 2.45) is 15.7 Å². The van der Waals surface area contributed by atoms with E-state index in [-0.39, 0.29) is 29.3 Å². The first-order chi connectivity index (χ1) is 21.0. The number of carboxylic acids is 1. The number of aromatic nitrogens is 2. The standard InChI is InChI=1S/C28H29N7O9/c1-4-10-35(28(41)43-15-42-23(38)8-7-22(36)37)27(40)19-13-30-24(17(19)3)25(31-14-29)32-20-12-18(6-5-16(20)2)26(39)33-21-9-11-44-34-21/h5-9,11-14,30H,4,10,15H2,1-3H3,(H,36,37)(H2,29,31,32)(H,33,34,39)/b8-7+. The number of ether oxygens (including phenoxy) is 2. The summed E-state index contributed by atoms with van der Waals surface area (Å²) in [6.07, 6.45) is 4.22. The van der Waals surface area contributed by atoms with Crippen molar-refractivity contribution in [2.45, 2.75) is 27.2 Å². The van der Waals surface area contributed by atoms with Crippen LogP contribution < -0.4 is 11.1 Å². The fraction of sp³-hybridized carbons (Fsp3) is 0.214. The third kappa shape index (κ3) is 8.48. The molecule has 0 atom stereocenters. The zero-order valence-corrected chi connectivity index (χ0v) is 23.9. The Morgan fingerprint density at radius 3 is 2.59 bits per heavy atom. The van der Waals surface area contributed by atoms with E-state index in [0.29, 0.717) is 41.1 Å². The van der Waals surface area contributed by atoms with Crippen molar-refractivity contribution in [1.29, 1.82) is 0 Å². The number of anilines is 1. The van der Waals surface area contributed by atoms with Crippen molar-refractivity contribution >= 4 is 53.5 Å². The number of aryl methyl sites for hydroxylation is 1. The molecule has 2 aromatic heterocycles. The van der Waals surface area contributed by atoms with Crippen LogP contribution in [0.2, 0.25) is 0 Å². The fourth-order valence-electron chi connectivity index (χ4n) is 3.67. The number of aromatic amines is 1. The summed E-state index contributed by atoms with van der Waals surface area (Å²) < 4.78 is 14.2. The molecule has 1 aromatic carbocycles. The Morgan fingerprint density at radius 1 is 1.16 bits per heavy atom. The summed E-state index contributed by atoms with van der Waals surface area (Å²) in [4.78, 5) is 73.2. The van der Waals surface area contributed by atoms with Crippen molar-refractivity contribution in [3.8, 4) is 0 Å². The van der Waals surface area contributed by atoms with Crippen molar-refractivity contribution < 1.29 is 43.1 Å². The first kappa shape index (κ1) is 32.5. The van der Waals surface area contributed by atoms with Crippen molar-refractivity contribution in [1.82, 2.24) is 15.0 Å². The van der Waals surface area contributed by atoms with Gasteiger partial charge in [-0.25, -0.2) is 29.3 Å². The maximum atomic E-state index is 13.4. The summed E-state index contributed by atoms with van der Waals surface area (Å²) in [6.45, 7) is 4.27. The van der Waals surface area contributed by atoms with Gasteiger partial charge in [0, 0.05) is 36.5 Å². The van der Waals surface area contributed by atoms with E-state index in [9.17, 15) is 24.0 Å². The van der Waals surface area contributed by atoms with Crippen LogP contribution in [-0.4, -0.2) is 75.5 Å². The highest BCUT2D eigenvalue weighted by atomic mass is 16.7. The van der Waals surface area contributed by atoms with Crippen LogP contribution in [0.25, 0.3) is 0 Å². The van der Waals surface area contributed by atoms with Gasteiger partial charge in [-0.05, 0) is 43.5 Å². The number of carbonyl (C=O) groups is 5. The number of nitrogens with zero attached hydrogens (tertiary/aromatic N) is 4. The number of rotatable bonds is 11. The summed E-state index contributed by atoms with van der Waals surface area (Å²) in [5.74, 6) is -3.25. The molecule has 0 saturated carbocycles. The van der Waals surface area contributed by atoms with E-state index >= 15 is 0 Å². The van der Waals surface area contributed by atoms with Crippen molar-refractivity contribution in [3.63, 3.8) is 0 Å². The summed E-state index contributed by atoms with van der Waals surface area (Å²) in [5.41, 5.74) is 7.78. The topological polar surface area (TPSA) is 232 Å². The molecule has 0 spiro atoms. The molecule has 0 radical (unpaired) electrons. The van der Waals surface area contributed by atoms with E-state index in [0.717, 1.165) is 11.2 Å². The molecule has 0 unspecified atom stereocenters. The lowest BCUT2D eigenvalue weighted by Crippen LogP contribution is -2.38. The average molecular weight is 608 g/mol. The molecular formula is C28H29N7O9. The Balaban J connectivity index is 1.84. The predicted molar refractivity (Wildman–Crippen MR) is 156 cm³/mol. The molecule has 3 aromatic rings. The van der Waals surface area contributed by atoms with E-state index in [2.05, 4.69) is 30.2 Å². The number of hydrogen-bond donors (Lipinski definition) is 4. The maximum absolute atomic E-state index is 13.4. The Morgan fingerprint density at radius 2 is 1.93 bits per heavy atom. The number of amides is 3. The van der Waals surface area contributed by atoms with Crippen LogP contribution in [0.3, 0.4) is 0 Å². The molecule has 3 amide bonds. The zero-order valence-electron chi connectivity index (χ0n) is 23.9. The molecule has 0 bridgehead atoms. The lowest BCUT2D eigenvalue weighted by Gasteiger charge is -2.19. The number of amidine groups is 1. The van der Waals surface area contributed by atoms with Gasteiger partial charge < -0.3 is 35.1 Å². The molecule has 0 fully saturated rings. The Hall–Kier alpha value is -6.06. The van der Waals surface area contributed by atoms with Gasteiger partial charge in [-0.15, -0.1) is 0 Å². The van der Waals surface area contributed by atoms with Gasteiger partial charge in [0.05, 0.1) is 23.3 Å².